The second-order valence-corrected chi connectivity index (χ2v) is 17.0. The first-order chi connectivity index (χ1) is 20.5. The zero-order valence-corrected chi connectivity index (χ0v) is 25.6. The molecule has 0 fully saturated rings. The number of aromatic nitrogens is 2. The van der Waals surface area contributed by atoms with Gasteiger partial charge in [0.05, 0.1) is 0 Å². The molecule has 43 heavy (non-hydrogen) atoms. The molecule has 0 saturated carbocycles. The Morgan fingerprint density at radius 3 is 1.19 bits per heavy atom. The molecule has 0 radical (unpaired) electrons. The third-order valence-corrected chi connectivity index (χ3v) is 16.5. The molecule has 2 nitrogen and oxygen atoms in total. The van der Waals surface area contributed by atoms with E-state index in [0.717, 1.165) is 0 Å². The fraction of sp³-hybridized carbons (Fsp3) is 0.176. The number of halogens is 6. The standard InChI is InChI=1S/2C12H9F3N.2C5H5.Ti/c2*1-7-3-4-8(2)16(7)12-10(14)5-9(13)6-11(12)15;2*1-2-4-5-3-1;/h2*3-5H,1-2H3;2*1-3H,4H2;. The van der Waals surface area contributed by atoms with Gasteiger partial charge < -0.3 is 0 Å². The van der Waals surface area contributed by atoms with E-state index in [1.807, 2.05) is 0 Å². The Morgan fingerprint density at radius 2 is 0.884 bits per heavy atom. The van der Waals surface area contributed by atoms with E-state index in [0.29, 0.717) is 42.7 Å². The second-order valence-electron chi connectivity index (χ2n) is 11.1. The van der Waals surface area contributed by atoms with E-state index in [2.05, 4.69) is 0 Å². The van der Waals surface area contributed by atoms with Gasteiger partial charge in [0, 0.05) is 0 Å². The molecular formula is C34H28F6N2Ti. The quantitative estimate of drug-likeness (QED) is 0.151. The van der Waals surface area contributed by atoms with Crippen LogP contribution in [-0.4, -0.2) is 9.13 Å². The van der Waals surface area contributed by atoms with Gasteiger partial charge in [-0.25, -0.2) is 0 Å². The first-order valence-corrected chi connectivity index (χ1v) is 17.0. The van der Waals surface area contributed by atoms with Gasteiger partial charge in [0.2, 0.25) is 0 Å². The summed E-state index contributed by atoms with van der Waals surface area (Å²) in [4.78, 5) is 0. The van der Waals surface area contributed by atoms with Crippen molar-refractivity contribution in [1.82, 2.24) is 9.13 Å². The van der Waals surface area contributed by atoms with Crippen molar-refractivity contribution in [1.29, 1.82) is 0 Å². The van der Waals surface area contributed by atoms with Crippen molar-refractivity contribution in [2.24, 2.45) is 0 Å². The fourth-order valence-electron chi connectivity index (χ4n) is 6.72. The van der Waals surface area contributed by atoms with E-state index < -0.39 is 70.6 Å². The molecule has 0 N–H and O–H groups in total. The molecule has 2 aromatic carbocycles. The first-order valence-electron chi connectivity index (χ1n) is 13.9. The van der Waals surface area contributed by atoms with Gasteiger partial charge in [-0.05, 0) is 0 Å². The molecule has 0 aliphatic heterocycles. The average molecular weight is 626 g/mol. The zero-order valence-electron chi connectivity index (χ0n) is 24.0. The van der Waals surface area contributed by atoms with Crippen LogP contribution in [0.15, 0.2) is 80.6 Å². The monoisotopic (exact) mass is 626 g/mol. The van der Waals surface area contributed by atoms with Crippen LogP contribution in [0, 0.1) is 62.6 Å². The van der Waals surface area contributed by atoms with Crippen molar-refractivity contribution in [2.45, 2.75) is 40.5 Å². The molecule has 2 aliphatic carbocycles. The summed E-state index contributed by atoms with van der Waals surface area (Å²) in [6.45, 7) is 6.63. The summed E-state index contributed by atoms with van der Waals surface area (Å²) in [5, 5.41) is 0. The van der Waals surface area contributed by atoms with Crippen LogP contribution in [0.5, 0.6) is 0 Å². The average Bonchev–Trinajstić information content (AvgIpc) is 3.76. The Bertz CT molecular complexity index is 1760. The normalized spacial score (nSPS) is 14.7. The number of nitrogens with zero attached hydrogens (tertiary/aromatic N) is 2. The number of hydrogen-bond acceptors (Lipinski definition) is 0. The molecule has 2 aromatic heterocycles. The number of aryl methyl sites for hydroxylation is 4. The van der Waals surface area contributed by atoms with Crippen LogP contribution in [0.3, 0.4) is 0 Å². The van der Waals surface area contributed by atoms with E-state index in [4.69, 9.17) is 0 Å². The van der Waals surface area contributed by atoms with Gasteiger partial charge in [0.15, 0.2) is 0 Å². The van der Waals surface area contributed by atoms with Gasteiger partial charge >= 0.3 is 250 Å². The molecule has 0 amide bonds. The molecule has 0 bridgehead atoms. The molecule has 4 aromatic rings. The first kappa shape index (κ1) is 29.3. The number of hydrogen-bond donors (Lipinski definition) is 0. The van der Waals surface area contributed by atoms with Crippen LogP contribution in [-0.2, 0) is 16.6 Å². The summed E-state index contributed by atoms with van der Waals surface area (Å²) in [7, 11) is 0. The summed E-state index contributed by atoms with van der Waals surface area (Å²) in [5.41, 5.74) is 0.933. The van der Waals surface area contributed by atoms with E-state index >= 15 is 26.3 Å². The van der Waals surface area contributed by atoms with Gasteiger partial charge in [-0.2, -0.15) is 0 Å². The van der Waals surface area contributed by atoms with E-state index in [1.165, 1.54) is 9.13 Å². The van der Waals surface area contributed by atoms with Crippen molar-refractivity contribution in [2.75, 3.05) is 0 Å². The molecule has 6 rings (SSSR count). The van der Waals surface area contributed by atoms with Gasteiger partial charge in [-0.1, -0.05) is 0 Å². The van der Waals surface area contributed by atoms with E-state index in [1.54, 1.807) is 88.4 Å². The minimum atomic E-state index is -5.33. The molecule has 0 spiro atoms. The number of benzene rings is 2. The topological polar surface area (TPSA) is 9.86 Å². The minimum absolute atomic E-state index is 0.178. The van der Waals surface area contributed by atoms with Gasteiger partial charge in [-0.3, -0.25) is 0 Å². The predicted octanol–water partition coefficient (Wildman–Crippen LogP) is 8.13. The third kappa shape index (κ3) is 4.29. The summed E-state index contributed by atoms with van der Waals surface area (Å²) in [6, 6.07) is 7.88. The second kappa shape index (κ2) is 10.8. The number of allylic oxidation sites excluding steroid dienone is 8. The maximum absolute atomic E-state index is 17.2. The van der Waals surface area contributed by atoms with Crippen LogP contribution >= 0.6 is 0 Å². The Morgan fingerprint density at radius 1 is 0.535 bits per heavy atom. The maximum atomic E-state index is 17.2. The van der Waals surface area contributed by atoms with Crippen LogP contribution in [0.2, 0.25) is 0 Å². The van der Waals surface area contributed by atoms with Crippen LogP contribution in [0.4, 0.5) is 26.3 Å². The summed E-state index contributed by atoms with van der Waals surface area (Å²) in [6.07, 6.45) is 10.5. The van der Waals surface area contributed by atoms with Crippen LogP contribution < -0.4 is 7.74 Å². The van der Waals surface area contributed by atoms with Crippen molar-refractivity contribution in [3.8, 4) is 11.4 Å². The Labute approximate surface area is 249 Å². The summed E-state index contributed by atoms with van der Waals surface area (Å²) in [5.74, 6) is -7.21. The molecule has 220 valence electrons. The molecule has 0 saturated heterocycles. The van der Waals surface area contributed by atoms with Crippen molar-refractivity contribution in [3.63, 3.8) is 0 Å². The third-order valence-electron chi connectivity index (χ3n) is 8.54. The molecule has 2 heterocycles. The SMILES string of the molecule is Cc1ccc(C)n1-c1c(F)cc(F)[c]([Ti]([C]2=CC=CC2)([C]2=CC=CC2)[c]2c(F)cc(F)c(-n3c(C)ccc3C)c2F)c1F. The molecule has 0 atom stereocenters. The predicted molar refractivity (Wildman–Crippen MR) is 153 cm³/mol. The van der Waals surface area contributed by atoms with Crippen molar-refractivity contribution < 1.29 is 42.9 Å². The van der Waals surface area contributed by atoms with Gasteiger partial charge in [-0.15, -0.1) is 0 Å². The number of rotatable bonds is 6. The van der Waals surface area contributed by atoms with Crippen LogP contribution in [0.1, 0.15) is 35.6 Å². The van der Waals surface area contributed by atoms with E-state index in [9.17, 15) is 0 Å². The summed E-state index contributed by atoms with van der Waals surface area (Å²) < 4.78 is 101. The summed E-state index contributed by atoms with van der Waals surface area (Å²) >= 11 is -5.33. The fourth-order valence-corrected chi connectivity index (χ4v) is 14.9. The Hall–Kier alpha value is -3.75. The van der Waals surface area contributed by atoms with Crippen molar-refractivity contribution in [3.05, 3.63) is 138 Å². The van der Waals surface area contributed by atoms with Gasteiger partial charge in [0.1, 0.15) is 0 Å². The van der Waals surface area contributed by atoms with E-state index in [-0.39, 0.29) is 12.8 Å². The van der Waals surface area contributed by atoms with Crippen molar-refractivity contribution >= 4 is 7.74 Å². The Kier molecular flexibility index (Phi) is 7.34. The molecule has 2 aliphatic rings. The molecule has 9 heteroatoms. The zero-order chi connectivity index (χ0) is 30.8. The Balaban J connectivity index is 1.82. The molecule has 0 unspecified atom stereocenters. The van der Waals surface area contributed by atoms with Gasteiger partial charge in [0.25, 0.3) is 0 Å². The molecular weight excluding hydrogens is 598 g/mol. The van der Waals surface area contributed by atoms with Crippen LogP contribution in [0.25, 0.3) is 11.4 Å².